The molecule has 9 rings (SSSR count). The van der Waals surface area contributed by atoms with E-state index in [2.05, 4.69) is 168 Å². The molecule has 0 bridgehead atoms. The summed E-state index contributed by atoms with van der Waals surface area (Å²) < 4.78 is 2.44. The van der Waals surface area contributed by atoms with Gasteiger partial charge in [-0.1, -0.05) is 127 Å². The van der Waals surface area contributed by atoms with Crippen LogP contribution < -0.4 is 0 Å². The summed E-state index contributed by atoms with van der Waals surface area (Å²) in [6.07, 6.45) is 0. The Balaban J connectivity index is 1.38. The van der Waals surface area contributed by atoms with Gasteiger partial charge in [0.2, 0.25) is 0 Å². The molecule has 0 atom stereocenters. The van der Waals surface area contributed by atoms with Gasteiger partial charge in [-0.05, 0) is 91.0 Å². The first kappa shape index (κ1) is 24.0. The third kappa shape index (κ3) is 3.72. The molecule has 1 aromatic heterocycles. The normalized spacial score (nSPS) is 11.7. The number of rotatable bonds is 3. The van der Waals surface area contributed by atoms with Gasteiger partial charge in [0.1, 0.15) is 0 Å². The lowest BCUT2D eigenvalue weighted by Crippen LogP contribution is -1.94. The van der Waals surface area contributed by atoms with Crippen LogP contribution in [0.3, 0.4) is 0 Å². The summed E-state index contributed by atoms with van der Waals surface area (Å²) in [5, 5.41) is 10.3. The first-order valence-corrected chi connectivity index (χ1v) is 14.9. The van der Waals surface area contributed by atoms with E-state index in [4.69, 9.17) is 0 Å². The number of aromatic nitrogens is 1. The Morgan fingerprint density at radius 1 is 0.256 bits per heavy atom. The first-order chi connectivity index (χ1) is 21.3. The lowest BCUT2D eigenvalue weighted by molar-refractivity contribution is 1.18. The zero-order valence-corrected chi connectivity index (χ0v) is 23.5. The molecule has 0 unspecified atom stereocenters. The summed E-state index contributed by atoms with van der Waals surface area (Å²) in [6, 6.07) is 59.7. The number of nitrogens with zero attached hydrogens (tertiary/aromatic N) is 1. The lowest BCUT2D eigenvalue weighted by atomic mass is 9.91. The maximum absolute atomic E-state index is 2.44. The molecule has 8 aromatic carbocycles. The Kier molecular flexibility index (Phi) is 5.27. The van der Waals surface area contributed by atoms with Gasteiger partial charge in [-0.3, -0.25) is 0 Å². The standard InChI is InChI=1S/C42H27N/c1-3-12-28(13-4-1)30-16-11-17-32(24-30)43-41-21-10-9-20-36(41)40-26-38-35-23-22-31(29-14-5-2-6-15-29)25-37(35)33-18-7-8-19-34(33)39(38)27-42(40)43/h1-27H. The minimum atomic E-state index is 1.17. The van der Waals surface area contributed by atoms with Gasteiger partial charge in [-0.15, -0.1) is 0 Å². The molecular weight excluding hydrogens is 518 g/mol. The van der Waals surface area contributed by atoms with E-state index in [-0.39, 0.29) is 0 Å². The Bertz CT molecular complexity index is 2480. The maximum atomic E-state index is 2.44. The van der Waals surface area contributed by atoms with E-state index in [1.165, 1.54) is 82.1 Å². The Hall–Kier alpha value is -5.66. The maximum Gasteiger partial charge on any atom is 0.0547 e. The van der Waals surface area contributed by atoms with Crippen molar-refractivity contribution < 1.29 is 0 Å². The van der Waals surface area contributed by atoms with Crippen LogP contribution in [0, 0.1) is 0 Å². The van der Waals surface area contributed by atoms with Crippen molar-refractivity contribution in [3.63, 3.8) is 0 Å². The molecule has 1 nitrogen and oxygen atoms in total. The van der Waals surface area contributed by atoms with Crippen LogP contribution >= 0.6 is 0 Å². The third-order valence-corrected chi connectivity index (χ3v) is 8.95. The summed E-state index contributed by atoms with van der Waals surface area (Å²) in [6.45, 7) is 0. The van der Waals surface area contributed by atoms with E-state index < -0.39 is 0 Å². The number of para-hydroxylation sites is 1. The van der Waals surface area contributed by atoms with Crippen LogP contribution in [0.25, 0.3) is 82.1 Å². The molecule has 1 heterocycles. The number of hydrogen-bond donors (Lipinski definition) is 0. The van der Waals surface area contributed by atoms with E-state index in [9.17, 15) is 0 Å². The van der Waals surface area contributed by atoms with Crippen LogP contribution in [0.1, 0.15) is 0 Å². The van der Waals surface area contributed by atoms with E-state index in [1.807, 2.05) is 0 Å². The fourth-order valence-electron chi connectivity index (χ4n) is 6.96. The quantitative estimate of drug-likeness (QED) is 0.195. The Labute approximate surface area is 249 Å². The van der Waals surface area contributed by atoms with Gasteiger partial charge < -0.3 is 4.57 Å². The van der Waals surface area contributed by atoms with Crippen LogP contribution in [0.5, 0.6) is 0 Å². The van der Waals surface area contributed by atoms with Crippen molar-refractivity contribution in [3.8, 4) is 27.9 Å². The highest BCUT2D eigenvalue weighted by atomic mass is 15.0. The van der Waals surface area contributed by atoms with Gasteiger partial charge in [0.25, 0.3) is 0 Å². The van der Waals surface area contributed by atoms with Crippen molar-refractivity contribution in [1.82, 2.24) is 4.57 Å². The minimum Gasteiger partial charge on any atom is -0.309 e. The highest BCUT2D eigenvalue weighted by Crippen LogP contribution is 2.42. The molecule has 0 spiro atoms. The molecule has 0 aliphatic rings. The van der Waals surface area contributed by atoms with E-state index in [1.54, 1.807) is 0 Å². The second-order valence-corrected chi connectivity index (χ2v) is 11.4. The molecule has 200 valence electrons. The molecule has 0 N–H and O–H groups in total. The van der Waals surface area contributed by atoms with Crippen molar-refractivity contribution in [3.05, 3.63) is 164 Å². The smallest absolute Gasteiger partial charge is 0.0547 e. The van der Waals surface area contributed by atoms with Gasteiger partial charge in [0.05, 0.1) is 11.0 Å². The molecule has 0 amide bonds. The van der Waals surface area contributed by atoms with Gasteiger partial charge in [0, 0.05) is 16.5 Å². The molecule has 0 fully saturated rings. The molecule has 1 heteroatoms. The van der Waals surface area contributed by atoms with Crippen LogP contribution in [-0.4, -0.2) is 4.57 Å². The molecule has 0 aliphatic heterocycles. The first-order valence-electron chi connectivity index (χ1n) is 14.9. The van der Waals surface area contributed by atoms with Gasteiger partial charge in [-0.25, -0.2) is 0 Å². The van der Waals surface area contributed by atoms with E-state index >= 15 is 0 Å². The van der Waals surface area contributed by atoms with Crippen LogP contribution in [-0.2, 0) is 0 Å². The van der Waals surface area contributed by atoms with E-state index in [0.717, 1.165) is 0 Å². The second-order valence-electron chi connectivity index (χ2n) is 11.4. The van der Waals surface area contributed by atoms with Crippen LogP contribution in [0.15, 0.2) is 164 Å². The lowest BCUT2D eigenvalue weighted by Gasteiger charge is -2.14. The molecule has 0 saturated carbocycles. The summed E-state index contributed by atoms with van der Waals surface area (Å²) in [7, 11) is 0. The third-order valence-electron chi connectivity index (χ3n) is 8.95. The minimum absolute atomic E-state index is 1.17. The monoisotopic (exact) mass is 545 g/mol. The number of hydrogen-bond acceptors (Lipinski definition) is 0. The Morgan fingerprint density at radius 3 is 1.51 bits per heavy atom. The summed E-state index contributed by atoms with van der Waals surface area (Å²) in [5.74, 6) is 0. The average molecular weight is 546 g/mol. The van der Waals surface area contributed by atoms with Crippen molar-refractivity contribution in [2.75, 3.05) is 0 Å². The zero-order valence-electron chi connectivity index (χ0n) is 23.5. The largest absolute Gasteiger partial charge is 0.309 e. The number of benzene rings is 8. The molecule has 43 heavy (non-hydrogen) atoms. The van der Waals surface area contributed by atoms with Gasteiger partial charge in [-0.2, -0.15) is 0 Å². The highest BCUT2D eigenvalue weighted by Gasteiger charge is 2.17. The van der Waals surface area contributed by atoms with Gasteiger partial charge in [0.15, 0.2) is 0 Å². The molecule has 0 saturated heterocycles. The fraction of sp³-hybridized carbons (Fsp3) is 0. The SMILES string of the molecule is c1ccc(-c2cccc(-n3c4ccccc4c4cc5c6ccc(-c7ccccc7)cc6c6ccccc6c5cc43)c2)cc1. The molecule has 0 radical (unpaired) electrons. The predicted octanol–water partition coefficient (Wildman–Crippen LogP) is 11.6. The second kappa shape index (κ2) is 9.44. The van der Waals surface area contributed by atoms with Crippen molar-refractivity contribution >= 4 is 54.1 Å². The van der Waals surface area contributed by atoms with Crippen LogP contribution in [0.4, 0.5) is 0 Å². The summed E-state index contributed by atoms with van der Waals surface area (Å²) in [5.41, 5.74) is 8.55. The zero-order chi connectivity index (χ0) is 28.3. The van der Waals surface area contributed by atoms with Crippen molar-refractivity contribution in [1.29, 1.82) is 0 Å². The van der Waals surface area contributed by atoms with Gasteiger partial charge >= 0.3 is 0 Å². The van der Waals surface area contributed by atoms with Crippen molar-refractivity contribution in [2.24, 2.45) is 0 Å². The molecule has 9 aromatic rings. The predicted molar refractivity (Wildman–Crippen MR) is 184 cm³/mol. The number of fused-ring (bicyclic) bond motifs is 9. The molecule has 0 aliphatic carbocycles. The summed E-state index contributed by atoms with van der Waals surface area (Å²) >= 11 is 0. The van der Waals surface area contributed by atoms with E-state index in [0.29, 0.717) is 0 Å². The van der Waals surface area contributed by atoms with Crippen LogP contribution in [0.2, 0.25) is 0 Å². The summed E-state index contributed by atoms with van der Waals surface area (Å²) in [4.78, 5) is 0. The average Bonchev–Trinajstić information content (AvgIpc) is 3.41. The fourth-order valence-corrected chi connectivity index (χ4v) is 6.96. The highest BCUT2D eigenvalue weighted by molar-refractivity contribution is 6.29. The molecular formula is C42H27N. The van der Waals surface area contributed by atoms with Crippen molar-refractivity contribution in [2.45, 2.75) is 0 Å². The Morgan fingerprint density at radius 2 is 0.791 bits per heavy atom. The topological polar surface area (TPSA) is 4.93 Å².